The van der Waals surface area contributed by atoms with Crippen molar-refractivity contribution < 1.29 is 13.2 Å². The number of sulfonamides is 1. The number of amides is 1. The van der Waals surface area contributed by atoms with Crippen LogP contribution in [-0.2, 0) is 10.0 Å². The van der Waals surface area contributed by atoms with Gasteiger partial charge in [0.2, 0.25) is 10.0 Å². The molecule has 2 N–H and O–H groups in total. The van der Waals surface area contributed by atoms with Gasteiger partial charge >= 0.3 is 0 Å². The van der Waals surface area contributed by atoms with Gasteiger partial charge in [0, 0.05) is 32.9 Å². The zero-order valence-corrected chi connectivity index (χ0v) is 12.8. The Hall–Kier alpha value is -1.60. The highest BCUT2D eigenvalue weighted by molar-refractivity contribution is 7.89. The Morgan fingerprint density at radius 1 is 1.25 bits per heavy atom. The van der Waals surface area contributed by atoms with Gasteiger partial charge in [0.15, 0.2) is 0 Å². The lowest BCUT2D eigenvalue weighted by Gasteiger charge is -2.13. The van der Waals surface area contributed by atoms with Gasteiger partial charge in [0.25, 0.3) is 5.91 Å². The summed E-state index contributed by atoms with van der Waals surface area (Å²) >= 11 is 0. The molecule has 0 radical (unpaired) electrons. The van der Waals surface area contributed by atoms with E-state index in [1.807, 2.05) is 19.1 Å². The minimum absolute atomic E-state index is 0.0831. The van der Waals surface area contributed by atoms with E-state index in [0.717, 1.165) is 9.99 Å². The molecule has 7 heteroatoms. The largest absolute Gasteiger partial charge is 0.385 e. The van der Waals surface area contributed by atoms with Crippen LogP contribution in [0.1, 0.15) is 17.3 Å². The summed E-state index contributed by atoms with van der Waals surface area (Å²) in [5.41, 5.74) is 1.25. The maximum Gasteiger partial charge on any atom is 0.253 e. The maximum absolute atomic E-state index is 12.0. The summed E-state index contributed by atoms with van der Waals surface area (Å²) < 4.78 is 24.3. The molecule has 6 nitrogen and oxygen atoms in total. The normalized spacial score (nSPS) is 11.4. The van der Waals surface area contributed by atoms with Crippen LogP contribution in [0.2, 0.25) is 0 Å². The lowest BCUT2D eigenvalue weighted by Crippen LogP contribution is -2.34. The predicted molar refractivity (Wildman–Crippen MR) is 80.4 cm³/mol. The van der Waals surface area contributed by atoms with Crippen LogP contribution in [0.25, 0.3) is 0 Å². The molecule has 0 saturated heterocycles. The van der Waals surface area contributed by atoms with E-state index < -0.39 is 10.0 Å². The number of carbonyl (C=O) groups is 1. The van der Waals surface area contributed by atoms with Gasteiger partial charge in [-0.1, -0.05) is 12.1 Å². The third kappa shape index (κ3) is 4.50. The van der Waals surface area contributed by atoms with Crippen molar-refractivity contribution in [3.05, 3.63) is 29.8 Å². The molecule has 20 heavy (non-hydrogen) atoms. The summed E-state index contributed by atoms with van der Waals surface area (Å²) in [6.07, 6.45) is 0. The molecule has 0 aliphatic carbocycles. The molecule has 0 atom stereocenters. The van der Waals surface area contributed by atoms with Crippen LogP contribution in [0.5, 0.6) is 0 Å². The Bertz CT molecular complexity index is 556. The SMILES string of the molecule is CCNc1ccccc1C(=O)NCCS(=O)(=O)N(C)C. The first-order valence-electron chi connectivity index (χ1n) is 6.39. The minimum atomic E-state index is -3.29. The molecule has 0 spiro atoms. The first-order valence-corrected chi connectivity index (χ1v) is 8.00. The van der Waals surface area contributed by atoms with E-state index >= 15 is 0 Å². The molecule has 1 aromatic rings. The van der Waals surface area contributed by atoms with E-state index in [4.69, 9.17) is 0 Å². The van der Waals surface area contributed by atoms with E-state index in [1.165, 1.54) is 14.1 Å². The van der Waals surface area contributed by atoms with E-state index in [0.29, 0.717) is 12.1 Å². The molecule has 1 rings (SSSR count). The fraction of sp³-hybridized carbons (Fsp3) is 0.462. The predicted octanol–water partition coefficient (Wildman–Crippen LogP) is 0.740. The Morgan fingerprint density at radius 2 is 1.90 bits per heavy atom. The minimum Gasteiger partial charge on any atom is -0.385 e. The third-order valence-electron chi connectivity index (χ3n) is 2.74. The second kappa shape index (κ2) is 7.25. The zero-order valence-electron chi connectivity index (χ0n) is 12.0. The Labute approximate surface area is 120 Å². The van der Waals surface area contributed by atoms with Gasteiger partial charge < -0.3 is 10.6 Å². The molecule has 0 heterocycles. The Morgan fingerprint density at radius 3 is 2.50 bits per heavy atom. The van der Waals surface area contributed by atoms with Gasteiger partial charge in [-0.05, 0) is 19.1 Å². The molecule has 0 aromatic heterocycles. The number of nitrogens with one attached hydrogen (secondary N) is 2. The van der Waals surface area contributed by atoms with Crippen molar-refractivity contribution in [3.8, 4) is 0 Å². The molecule has 0 fully saturated rings. The van der Waals surface area contributed by atoms with Gasteiger partial charge in [-0.15, -0.1) is 0 Å². The number of rotatable bonds is 7. The quantitative estimate of drug-likeness (QED) is 0.778. The van der Waals surface area contributed by atoms with Crippen molar-refractivity contribution in [1.29, 1.82) is 0 Å². The Balaban J connectivity index is 2.64. The van der Waals surface area contributed by atoms with Crippen molar-refractivity contribution >= 4 is 21.6 Å². The van der Waals surface area contributed by atoms with Gasteiger partial charge in [0.05, 0.1) is 11.3 Å². The smallest absolute Gasteiger partial charge is 0.253 e. The highest BCUT2D eigenvalue weighted by Crippen LogP contribution is 2.14. The molecule has 1 aromatic carbocycles. The number of benzene rings is 1. The average molecular weight is 299 g/mol. The van der Waals surface area contributed by atoms with Crippen molar-refractivity contribution in [2.45, 2.75) is 6.92 Å². The molecule has 0 aliphatic rings. The van der Waals surface area contributed by atoms with Crippen LogP contribution < -0.4 is 10.6 Å². The fourth-order valence-corrected chi connectivity index (χ4v) is 2.32. The molecular formula is C13H21N3O3S. The number of nitrogens with zero attached hydrogens (tertiary/aromatic N) is 1. The molecule has 0 bridgehead atoms. The highest BCUT2D eigenvalue weighted by Gasteiger charge is 2.15. The summed E-state index contributed by atoms with van der Waals surface area (Å²) in [6.45, 7) is 2.73. The standard InChI is InChI=1S/C13H21N3O3S/c1-4-14-12-8-6-5-7-11(12)13(17)15-9-10-20(18,19)16(2)3/h5-8,14H,4,9-10H2,1-3H3,(H,15,17). The van der Waals surface area contributed by atoms with E-state index in [1.54, 1.807) is 12.1 Å². The molecule has 112 valence electrons. The monoisotopic (exact) mass is 299 g/mol. The van der Waals surface area contributed by atoms with Crippen LogP contribution in [0.4, 0.5) is 5.69 Å². The van der Waals surface area contributed by atoms with Crippen LogP contribution >= 0.6 is 0 Å². The number of hydrogen-bond donors (Lipinski definition) is 2. The first kappa shape index (κ1) is 16.5. The molecule has 0 aliphatic heterocycles. The Kier molecular flexibility index (Phi) is 5.97. The van der Waals surface area contributed by atoms with E-state index in [9.17, 15) is 13.2 Å². The first-order chi connectivity index (χ1) is 9.38. The lowest BCUT2D eigenvalue weighted by atomic mass is 10.1. The number of carbonyl (C=O) groups excluding carboxylic acids is 1. The molecular weight excluding hydrogens is 278 g/mol. The van der Waals surface area contributed by atoms with Crippen molar-refractivity contribution in [2.75, 3.05) is 38.3 Å². The summed E-state index contributed by atoms with van der Waals surface area (Å²) in [5, 5.41) is 5.72. The fourth-order valence-electron chi connectivity index (χ4n) is 1.60. The van der Waals surface area contributed by atoms with Gasteiger partial charge in [-0.25, -0.2) is 12.7 Å². The number of anilines is 1. The topological polar surface area (TPSA) is 78.5 Å². The molecule has 0 saturated carbocycles. The summed E-state index contributed by atoms with van der Waals surface area (Å²) in [6, 6.07) is 7.13. The summed E-state index contributed by atoms with van der Waals surface area (Å²) in [4.78, 5) is 12.0. The second-order valence-electron chi connectivity index (χ2n) is 4.43. The van der Waals surface area contributed by atoms with Crippen molar-refractivity contribution in [1.82, 2.24) is 9.62 Å². The van der Waals surface area contributed by atoms with Gasteiger partial charge in [-0.3, -0.25) is 4.79 Å². The second-order valence-corrected chi connectivity index (χ2v) is 6.73. The molecule has 1 amide bonds. The van der Waals surface area contributed by atoms with Gasteiger partial charge in [0.1, 0.15) is 0 Å². The molecule has 0 unspecified atom stereocenters. The summed E-state index contributed by atoms with van der Waals surface area (Å²) in [5.74, 6) is -0.398. The third-order valence-corrected chi connectivity index (χ3v) is 4.57. The van der Waals surface area contributed by atoms with Crippen LogP contribution in [0, 0.1) is 0 Å². The highest BCUT2D eigenvalue weighted by atomic mass is 32.2. The van der Waals surface area contributed by atoms with Crippen molar-refractivity contribution in [3.63, 3.8) is 0 Å². The number of para-hydroxylation sites is 1. The lowest BCUT2D eigenvalue weighted by molar-refractivity contribution is 0.0957. The van der Waals surface area contributed by atoms with Crippen LogP contribution in [0.15, 0.2) is 24.3 Å². The van der Waals surface area contributed by atoms with Crippen LogP contribution in [-0.4, -0.2) is 51.6 Å². The van der Waals surface area contributed by atoms with E-state index in [-0.39, 0.29) is 18.2 Å². The number of hydrogen-bond acceptors (Lipinski definition) is 4. The van der Waals surface area contributed by atoms with Crippen LogP contribution in [0.3, 0.4) is 0 Å². The summed E-state index contributed by atoms with van der Waals surface area (Å²) in [7, 11) is -0.354. The maximum atomic E-state index is 12.0. The average Bonchev–Trinajstić information content (AvgIpc) is 2.39. The zero-order chi connectivity index (χ0) is 15.2. The van der Waals surface area contributed by atoms with Crippen molar-refractivity contribution in [2.24, 2.45) is 0 Å². The van der Waals surface area contributed by atoms with Gasteiger partial charge in [-0.2, -0.15) is 0 Å². The van der Waals surface area contributed by atoms with E-state index in [2.05, 4.69) is 10.6 Å².